The van der Waals surface area contributed by atoms with Crippen molar-refractivity contribution in [3.63, 3.8) is 0 Å². The normalized spacial score (nSPS) is 16.1. The number of ether oxygens (including phenoxy) is 1. The second-order valence-corrected chi connectivity index (χ2v) is 6.91. The Morgan fingerprint density at radius 3 is 2.27 bits per heavy atom. The lowest BCUT2D eigenvalue weighted by Gasteiger charge is -2.26. The van der Waals surface area contributed by atoms with E-state index >= 15 is 0 Å². The van der Waals surface area contributed by atoms with Gasteiger partial charge in [-0.1, -0.05) is 78.9 Å². The molecule has 0 spiro atoms. The third-order valence-electron chi connectivity index (χ3n) is 5.39. The van der Waals surface area contributed by atoms with Crippen molar-refractivity contribution >= 4 is 10.8 Å². The highest BCUT2D eigenvalue weighted by molar-refractivity contribution is 5.86. The maximum absolute atomic E-state index is 6.35. The summed E-state index contributed by atoms with van der Waals surface area (Å²) < 4.78 is 6.35. The van der Waals surface area contributed by atoms with Gasteiger partial charge in [-0.15, -0.1) is 0 Å². The standard InChI is InChI=1S/C25H20O/c1-3-11-20-18(8-1)10-7-13-21(20)22-17-16-19-9-2-5-14-24(19)26-25-15-6-4-12-23(22)25/h1-15,22H,16-17H2. The van der Waals surface area contributed by atoms with E-state index < -0.39 is 0 Å². The lowest BCUT2D eigenvalue weighted by molar-refractivity contribution is 0.455. The molecule has 1 heterocycles. The molecule has 4 aromatic rings. The summed E-state index contributed by atoms with van der Waals surface area (Å²) in [4.78, 5) is 0. The molecule has 0 saturated heterocycles. The Kier molecular flexibility index (Phi) is 3.71. The van der Waals surface area contributed by atoms with Gasteiger partial charge >= 0.3 is 0 Å². The van der Waals surface area contributed by atoms with Gasteiger partial charge in [0.25, 0.3) is 0 Å². The van der Waals surface area contributed by atoms with Crippen LogP contribution >= 0.6 is 0 Å². The van der Waals surface area contributed by atoms with Gasteiger partial charge < -0.3 is 4.74 Å². The number of fused-ring (bicyclic) bond motifs is 3. The molecule has 0 bridgehead atoms. The Labute approximate surface area is 153 Å². The van der Waals surface area contributed by atoms with Crippen molar-refractivity contribution in [2.45, 2.75) is 18.8 Å². The van der Waals surface area contributed by atoms with Gasteiger partial charge in [0.1, 0.15) is 11.5 Å². The van der Waals surface area contributed by atoms with E-state index in [1.54, 1.807) is 0 Å². The van der Waals surface area contributed by atoms with E-state index in [9.17, 15) is 0 Å². The van der Waals surface area contributed by atoms with Crippen molar-refractivity contribution in [2.75, 3.05) is 0 Å². The Bertz CT molecular complexity index is 1070. The number of rotatable bonds is 1. The van der Waals surface area contributed by atoms with Gasteiger partial charge in [-0.25, -0.2) is 0 Å². The third-order valence-corrected chi connectivity index (χ3v) is 5.39. The summed E-state index contributed by atoms with van der Waals surface area (Å²) in [5.41, 5.74) is 3.95. The molecule has 5 rings (SSSR count). The highest BCUT2D eigenvalue weighted by Crippen LogP contribution is 2.42. The fraction of sp³-hybridized carbons (Fsp3) is 0.120. The lowest BCUT2D eigenvalue weighted by atomic mass is 9.83. The number of hydrogen-bond acceptors (Lipinski definition) is 1. The van der Waals surface area contributed by atoms with Gasteiger partial charge in [-0.05, 0) is 46.9 Å². The van der Waals surface area contributed by atoms with Crippen molar-refractivity contribution in [1.29, 1.82) is 0 Å². The van der Waals surface area contributed by atoms with Crippen LogP contribution in [-0.2, 0) is 6.42 Å². The number of aryl methyl sites for hydroxylation is 1. The minimum Gasteiger partial charge on any atom is -0.457 e. The van der Waals surface area contributed by atoms with Gasteiger partial charge in [0.15, 0.2) is 0 Å². The summed E-state index contributed by atoms with van der Waals surface area (Å²) in [6.07, 6.45) is 2.09. The Hall–Kier alpha value is -3.06. The van der Waals surface area contributed by atoms with E-state index in [-0.39, 0.29) is 0 Å². The van der Waals surface area contributed by atoms with Crippen molar-refractivity contribution < 1.29 is 4.74 Å². The van der Waals surface area contributed by atoms with E-state index in [2.05, 4.69) is 84.9 Å². The molecular formula is C25H20O. The molecular weight excluding hydrogens is 316 g/mol. The SMILES string of the molecule is c1ccc2c(c1)CCC(c1cccc3ccccc13)c1ccccc1O2. The fourth-order valence-electron chi connectivity index (χ4n) is 4.12. The molecule has 4 aromatic carbocycles. The zero-order chi connectivity index (χ0) is 17.3. The molecule has 26 heavy (non-hydrogen) atoms. The molecule has 0 N–H and O–H groups in total. The van der Waals surface area contributed by atoms with Gasteiger partial charge in [-0.2, -0.15) is 0 Å². The molecule has 0 saturated carbocycles. The van der Waals surface area contributed by atoms with Crippen LogP contribution in [0.5, 0.6) is 11.5 Å². The first-order chi connectivity index (χ1) is 12.9. The molecule has 0 aliphatic carbocycles. The largest absolute Gasteiger partial charge is 0.457 e. The first kappa shape index (κ1) is 15.2. The Morgan fingerprint density at radius 1 is 0.615 bits per heavy atom. The van der Waals surface area contributed by atoms with Crippen LogP contribution in [0.2, 0.25) is 0 Å². The number of hydrogen-bond donors (Lipinski definition) is 0. The summed E-state index contributed by atoms with van der Waals surface area (Å²) in [5, 5.41) is 2.63. The molecule has 0 aromatic heterocycles. The average Bonchev–Trinajstić information content (AvgIpc) is 2.69. The molecule has 1 unspecified atom stereocenters. The molecule has 0 amide bonds. The van der Waals surface area contributed by atoms with E-state index in [4.69, 9.17) is 4.74 Å². The van der Waals surface area contributed by atoms with Gasteiger partial charge in [0.2, 0.25) is 0 Å². The topological polar surface area (TPSA) is 9.23 Å². The van der Waals surface area contributed by atoms with E-state index in [1.807, 2.05) is 6.07 Å². The fourth-order valence-corrected chi connectivity index (χ4v) is 4.12. The zero-order valence-corrected chi connectivity index (χ0v) is 14.6. The molecule has 1 aliphatic heterocycles. The smallest absolute Gasteiger partial charge is 0.131 e. The Morgan fingerprint density at radius 2 is 1.31 bits per heavy atom. The van der Waals surface area contributed by atoms with Crippen molar-refractivity contribution in [2.24, 2.45) is 0 Å². The van der Waals surface area contributed by atoms with Crippen LogP contribution in [0.3, 0.4) is 0 Å². The quantitative estimate of drug-likeness (QED) is 0.375. The predicted octanol–water partition coefficient (Wildman–Crippen LogP) is 6.71. The summed E-state index contributed by atoms with van der Waals surface area (Å²) in [6.45, 7) is 0. The third kappa shape index (κ3) is 2.57. The minimum absolute atomic E-state index is 0.325. The summed E-state index contributed by atoms with van der Waals surface area (Å²) in [7, 11) is 0. The van der Waals surface area contributed by atoms with Crippen LogP contribution in [0.1, 0.15) is 29.0 Å². The van der Waals surface area contributed by atoms with Crippen LogP contribution in [0.4, 0.5) is 0 Å². The monoisotopic (exact) mass is 336 g/mol. The highest BCUT2D eigenvalue weighted by Gasteiger charge is 2.23. The van der Waals surface area contributed by atoms with E-state index in [0.29, 0.717) is 5.92 Å². The first-order valence-electron chi connectivity index (χ1n) is 9.22. The zero-order valence-electron chi connectivity index (χ0n) is 14.6. The summed E-state index contributed by atoms with van der Waals surface area (Å²) in [6, 6.07) is 32.2. The van der Waals surface area contributed by atoms with Crippen LogP contribution in [0.15, 0.2) is 91.0 Å². The molecule has 1 nitrogen and oxygen atoms in total. The molecule has 0 fully saturated rings. The van der Waals surface area contributed by atoms with Crippen molar-refractivity contribution in [3.05, 3.63) is 108 Å². The van der Waals surface area contributed by atoms with E-state index in [0.717, 1.165) is 24.3 Å². The Balaban J connectivity index is 1.70. The van der Waals surface area contributed by atoms with Gasteiger partial charge in [0, 0.05) is 11.5 Å². The van der Waals surface area contributed by atoms with Crippen LogP contribution in [0.25, 0.3) is 10.8 Å². The summed E-state index contributed by atoms with van der Waals surface area (Å²) in [5.74, 6) is 2.28. The molecule has 126 valence electrons. The second-order valence-electron chi connectivity index (χ2n) is 6.91. The molecule has 1 aliphatic rings. The first-order valence-corrected chi connectivity index (χ1v) is 9.22. The van der Waals surface area contributed by atoms with Gasteiger partial charge in [-0.3, -0.25) is 0 Å². The molecule has 0 radical (unpaired) electrons. The highest BCUT2D eigenvalue weighted by atomic mass is 16.5. The summed E-state index contributed by atoms with van der Waals surface area (Å²) >= 11 is 0. The molecule has 1 heteroatoms. The van der Waals surface area contributed by atoms with Crippen molar-refractivity contribution in [1.82, 2.24) is 0 Å². The lowest BCUT2D eigenvalue weighted by Crippen LogP contribution is -2.09. The van der Waals surface area contributed by atoms with Crippen LogP contribution in [0, 0.1) is 0 Å². The predicted molar refractivity (Wildman–Crippen MR) is 107 cm³/mol. The van der Waals surface area contributed by atoms with Crippen molar-refractivity contribution in [3.8, 4) is 11.5 Å². The minimum atomic E-state index is 0.325. The van der Waals surface area contributed by atoms with Crippen LogP contribution < -0.4 is 4.74 Å². The number of benzene rings is 4. The van der Waals surface area contributed by atoms with Crippen LogP contribution in [-0.4, -0.2) is 0 Å². The number of para-hydroxylation sites is 2. The average molecular weight is 336 g/mol. The molecule has 1 atom stereocenters. The van der Waals surface area contributed by atoms with E-state index in [1.165, 1.54) is 27.5 Å². The second kappa shape index (κ2) is 6.34. The van der Waals surface area contributed by atoms with Gasteiger partial charge in [0.05, 0.1) is 0 Å². The maximum Gasteiger partial charge on any atom is 0.131 e. The maximum atomic E-state index is 6.35.